The van der Waals surface area contributed by atoms with Crippen LogP contribution in [0.1, 0.15) is 19.8 Å². The van der Waals surface area contributed by atoms with E-state index in [-0.39, 0.29) is 24.6 Å². The first-order chi connectivity index (χ1) is 11.6. The minimum absolute atomic E-state index is 0.0264. The highest BCUT2D eigenvalue weighted by Gasteiger charge is 2.20. The van der Waals surface area contributed by atoms with Crippen LogP contribution in [0.4, 0.5) is 16.2 Å². The third-order valence-corrected chi connectivity index (χ3v) is 3.37. The third-order valence-electron chi connectivity index (χ3n) is 3.37. The quantitative estimate of drug-likeness (QED) is 0.709. The van der Waals surface area contributed by atoms with Gasteiger partial charge in [0.2, 0.25) is 5.91 Å². The summed E-state index contributed by atoms with van der Waals surface area (Å²) in [5, 5.41) is 12.1. The summed E-state index contributed by atoms with van der Waals surface area (Å²) in [5.41, 5.74) is 2.15. The minimum atomic E-state index is -0.344. The van der Waals surface area contributed by atoms with E-state index >= 15 is 0 Å². The molecule has 0 bridgehead atoms. The molecule has 3 amide bonds. The maximum Gasteiger partial charge on any atom is 0.319 e. The number of amides is 3. The van der Waals surface area contributed by atoms with Gasteiger partial charge >= 0.3 is 6.03 Å². The largest absolute Gasteiger partial charge is 0.390 e. The second-order valence-corrected chi connectivity index (χ2v) is 5.34. The van der Waals surface area contributed by atoms with Crippen LogP contribution in [0.15, 0.2) is 29.4 Å². The molecule has 0 fully saturated rings. The van der Waals surface area contributed by atoms with Crippen LogP contribution in [0, 0.1) is 0 Å². The molecule has 1 aromatic carbocycles. The Balaban J connectivity index is 1.78. The Bertz CT molecular complexity index is 618. The number of carbonyl (C=O) groups is 2. The first-order valence-corrected chi connectivity index (χ1v) is 7.76. The lowest BCUT2D eigenvalue weighted by Gasteiger charge is -2.12. The van der Waals surface area contributed by atoms with Gasteiger partial charge in [-0.1, -0.05) is 18.1 Å². The van der Waals surface area contributed by atoms with Gasteiger partial charge in [-0.15, -0.1) is 0 Å². The molecule has 3 N–H and O–H groups in total. The van der Waals surface area contributed by atoms with Crippen LogP contribution in [0.2, 0.25) is 0 Å². The zero-order valence-corrected chi connectivity index (χ0v) is 13.8. The molecule has 1 aliphatic heterocycles. The van der Waals surface area contributed by atoms with E-state index in [4.69, 9.17) is 9.57 Å². The molecule has 0 saturated carbocycles. The fraction of sp³-hybridized carbons (Fsp3) is 0.438. The number of nitrogens with one attached hydrogen (secondary N) is 3. The summed E-state index contributed by atoms with van der Waals surface area (Å²) >= 11 is 0. The maximum absolute atomic E-state index is 11.9. The van der Waals surface area contributed by atoms with Gasteiger partial charge < -0.3 is 25.5 Å². The van der Waals surface area contributed by atoms with Crippen molar-refractivity contribution in [1.29, 1.82) is 0 Å². The van der Waals surface area contributed by atoms with Crippen molar-refractivity contribution in [3.8, 4) is 0 Å². The van der Waals surface area contributed by atoms with Crippen molar-refractivity contribution in [3.05, 3.63) is 24.3 Å². The van der Waals surface area contributed by atoms with Crippen LogP contribution in [0.5, 0.6) is 0 Å². The van der Waals surface area contributed by atoms with E-state index in [0.717, 1.165) is 18.6 Å². The monoisotopic (exact) mass is 334 g/mol. The predicted octanol–water partition coefficient (Wildman–Crippen LogP) is 1.95. The molecule has 0 spiro atoms. The normalized spacial score (nSPS) is 16.1. The topological polar surface area (TPSA) is 101 Å². The molecule has 1 atom stereocenters. The van der Waals surface area contributed by atoms with Crippen molar-refractivity contribution < 1.29 is 19.2 Å². The van der Waals surface area contributed by atoms with Gasteiger partial charge in [0.1, 0.15) is 12.7 Å². The second kappa shape index (κ2) is 8.88. The number of anilines is 2. The average molecular weight is 334 g/mol. The van der Waals surface area contributed by atoms with Gasteiger partial charge in [0.25, 0.3) is 0 Å². The SMILES string of the molecule is CCC1=NO[C@@H](CNC(=O)Nc2cccc(NC(=O)COC)c2)C1. The van der Waals surface area contributed by atoms with Gasteiger partial charge in [0.05, 0.1) is 12.3 Å². The Labute approximate surface area is 140 Å². The molecule has 0 saturated heterocycles. The van der Waals surface area contributed by atoms with Crippen LogP contribution in [-0.4, -0.2) is 44.0 Å². The maximum atomic E-state index is 11.9. The van der Waals surface area contributed by atoms with E-state index in [1.165, 1.54) is 7.11 Å². The number of oxime groups is 1. The van der Waals surface area contributed by atoms with Gasteiger partial charge in [-0.25, -0.2) is 4.79 Å². The van der Waals surface area contributed by atoms with E-state index in [0.29, 0.717) is 17.9 Å². The van der Waals surface area contributed by atoms with E-state index in [9.17, 15) is 9.59 Å². The number of nitrogens with zero attached hydrogens (tertiary/aromatic N) is 1. The number of hydrogen-bond donors (Lipinski definition) is 3. The molecular weight excluding hydrogens is 312 g/mol. The summed E-state index contributed by atoms with van der Waals surface area (Å²) < 4.78 is 4.75. The number of urea groups is 1. The van der Waals surface area contributed by atoms with Crippen LogP contribution in [0.3, 0.4) is 0 Å². The highest BCUT2D eigenvalue weighted by atomic mass is 16.6. The highest BCUT2D eigenvalue weighted by molar-refractivity contribution is 5.94. The van der Waals surface area contributed by atoms with Crippen molar-refractivity contribution in [2.75, 3.05) is 30.9 Å². The van der Waals surface area contributed by atoms with E-state index in [1.807, 2.05) is 6.92 Å². The molecule has 1 aliphatic rings. The van der Waals surface area contributed by atoms with Crippen molar-refractivity contribution >= 4 is 29.0 Å². The Morgan fingerprint density at radius 1 is 1.33 bits per heavy atom. The molecule has 0 aliphatic carbocycles. The summed E-state index contributed by atoms with van der Waals surface area (Å²) in [7, 11) is 1.45. The summed E-state index contributed by atoms with van der Waals surface area (Å²) in [6.07, 6.45) is 1.47. The molecule has 0 radical (unpaired) electrons. The standard InChI is InChI=1S/C16H22N4O4/c1-3-11-8-14(24-20-11)9-17-16(22)19-13-6-4-5-12(7-13)18-15(21)10-23-2/h4-7,14H,3,8-10H2,1-2H3,(H,18,21)(H2,17,19,22)/t14-/m1/s1. The smallest absolute Gasteiger partial charge is 0.319 e. The molecule has 24 heavy (non-hydrogen) atoms. The Morgan fingerprint density at radius 2 is 2.08 bits per heavy atom. The second-order valence-electron chi connectivity index (χ2n) is 5.34. The van der Waals surface area contributed by atoms with Crippen molar-refractivity contribution in [2.24, 2.45) is 5.16 Å². The molecule has 1 aromatic rings. The fourth-order valence-corrected chi connectivity index (χ4v) is 2.19. The van der Waals surface area contributed by atoms with Crippen LogP contribution < -0.4 is 16.0 Å². The Kier molecular flexibility index (Phi) is 6.56. The van der Waals surface area contributed by atoms with Gasteiger partial charge in [-0.05, 0) is 24.6 Å². The highest BCUT2D eigenvalue weighted by Crippen LogP contribution is 2.15. The Hall–Kier alpha value is -2.61. The number of methoxy groups -OCH3 is 1. The number of carbonyl (C=O) groups excluding carboxylic acids is 2. The van der Waals surface area contributed by atoms with Gasteiger partial charge in [0, 0.05) is 24.9 Å². The average Bonchev–Trinajstić information content (AvgIpc) is 3.01. The van der Waals surface area contributed by atoms with Crippen LogP contribution in [0.25, 0.3) is 0 Å². The molecule has 2 rings (SSSR count). The molecule has 0 unspecified atom stereocenters. The number of rotatable bonds is 7. The van der Waals surface area contributed by atoms with Gasteiger partial charge in [0.15, 0.2) is 0 Å². The van der Waals surface area contributed by atoms with E-state index < -0.39 is 0 Å². The first-order valence-electron chi connectivity index (χ1n) is 7.76. The zero-order valence-electron chi connectivity index (χ0n) is 13.8. The molecule has 8 nitrogen and oxygen atoms in total. The summed E-state index contributed by atoms with van der Waals surface area (Å²) in [6.45, 7) is 2.37. The number of hydrogen-bond acceptors (Lipinski definition) is 5. The van der Waals surface area contributed by atoms with Crippen molar-refractivity contribution in [2.45, 2.75) is 25.9 Å². The molecule has 8 heteroatoms. The van der Waals surface area contributed by atoms with Crippen molar-refractivity contribution in [3.63, 3.8) is 0 Å². The molecular formula is C16H22N4O4. The summed E-state index contributed by atoms with van der Waals surface area (Å²) in [5.74, 6) is -0.260. The lowest BCUT2D eigenvalue weighted by atomic mass is 10.1. The minimum Gasteiger partial charge on any atom is -0.390 e. The fourth-order valence-electron chi connectivity index (χ4n) is 2.19. The van der Waals surface area contributed by atoms with Crippen LogP contribution >= 0.6 is 0 Å². The number of benzene rings is 1. The van der Waals surface area contributed by atoms with E-state index in [1.54, 1.807) is 24.3 Å². The van der Waals surface area contributed by atoms with Crippen LogP contribution in [-0.2, 0) is 14.4 Å². The summed E-state index contributed by atoms with van der Waals surface area (Å²) in [4.78, 5) is 28.6. The third kappa shape index (κ3) is 5.54. The van der Waals surface area contributed by atoms with Gasteiger partial charge in [-0.3, -0.25) is 4.79 Å². The molecule has 1 heterocycles. The molecule has 130 valence electrons. The predicted molar refractivity (Wildman–Crippen MR) is 91.2 cm³/mol. The first kappa shape index (κ1) is 17.7. The summed E-state index contributed by atoms with van der Waals surface area (Å²) in [6, 6.07) is 6.52. The van der Waals surface area contributed by atoms with Crippen molar-refractivity contribution in [1.82, 2.24) is 5.32 Å². The van der Waals surface area contributed by atoms with Gasteiger partial charge in [-0.2, -0.15) is 0 Å². The molecule has 0 aromatic heterocycles. The Morgan fingerprint density at radius 3 is 2.75 bits per heavy atom. The lowest BCUT2D eigenvalue weighted by Crippen LogP contribution is -2.35. The number of ether oxygens (including phenoxy) is 1. The van der Waals surface area contributed by atoms with E-state index in [2.05, 4.69) is 21.1 Å². The lowest BCUT2D eigenvalue weighted by molar-refractivity contribution is -0.119. The zero-order chi connectivity index (χ0) is 17.4.